The SMILES string of the molecule is COc1ccc(CCN2CN=C(Sc3ccc([N+](=O)[O-])cc3Cl)NC2)cc1OC. The number of ether oxygens (including phenoxy) is 2. The molecule has 0 amide bonds. The molecule has 0 aromatic heterocycles. The molecule has 1 heterocycles. The number of thioether (sulfide) groups is 1. The summed E-state index contributed by atoms with van der Waals surface area (Å²) < 4.78 is 10.6. The fraction of sp³-hybridized carbons (Fsp3) is 0.316. The Bertz CT molecular complexity index is 925. The van der Waals surface area contributed by atoms with E-state index in [1.165, 1.54) is 23.9 Å². The zero-order valence-corrected chi connectivity index (χ0v) is 17.6. The first kappa shape index (κ1) is 21.2. The maximum atomic E-state index is 10.8. The first-order valence-corrected chi connectivity index (χ1v) is 10.0. The van der Waals surface area contributed by atoms with E-state index in [0.717, 1.165) is 34.3 Å². The topological polar surface area (TPSA) is 89.2 Å². The van der Waals surface area contributed by atoms with Crippen LogP contribution >= 0.6 is 23.4 Å². The number of amidine groups is 1. The Morgan fingerprint density at radius 1 is 1.24 bits per heavy atom. The van der Waals surface area contributed by atoms with E-state index in [9.17, 15) is 10.1 Å². The third-order valence-corrected chi connectivity index (χ3v) is 5.83. The lowest BCUT2D eigenvalue weighted by molar-refractivity contribution is -0.384. The van der Waals surface area contributed by atoms with E-state index >= 15 is 0 Å². The molecule has 0 unspecified atom stereocenters. The molecule has 0 bridgehead atoms. The van der Waals surface area contributed by atoms with Crippen LogP contribution in [-0.4, -0.2) is 49.1 Å². The van der Waals surface area contributed by atoms with Crippen LogP contribution in [0.4, 0.5) is 5.69 Å². The molecule has 8 nitrogen and oxygen atoms in total. The van der Waals surface area contributed by atoms with E-state index in [0.29, 0.717) is 24.1 Å². The Balaban J connectivity index is 1.54. The second kappa shape index (κ2) is 9.82. The molecule has 154 valence electrons. The first-order chi connectivity index (χ1) is 14.0. The van der Waals surface area contributed by atoms with E-state index in [-0.39, 0.29) is 5.69 Å². The number of nitrogens with zero attached hydrogens (tertiary/aromatic N) is 3. The number of hydrogen-bond acceptors (Lipinski definition) is 8. The largest absolute Gasteiger partial charge is 0.493 e. The van der Waals surface area contributed by atoms with Crippen molar-refractivity contribution in [2.75, 3.05) is 34.1 Å². The van der Waals surface area contributed by atoms with Crippen molar-refractivity contribution in [3.8, 4) is 11.5 Å². The normalized spacial score (nSPS) is 14.1. The smallest absolute Gasteiger partial charge is 0.270 e. The number of nitro groups is 1. The molecule has 0 spiro atoms. The van der Waals surface area contributed by atoms with Crippen LogP contribution in [0.3, 0.4) is 0 Å². The lowest BCUT2D eigenvalue weighted by Crippen LogP contribution is -2.42. The summed E-state index contributed by atoms with van der Waals surface area (Å²) in [6, 6.07) is 10.3. The predicted molar refractivity (Wildman–Crippen MR) is 114 cm³/mol. The Morgan fingerprint density at radius 3 is 2.66 bits per heavy atom. The highest BCUT2D eigenvalue weighted by Gasteiger charge is 2.16. The standard InChI is InChI=1S/C19H21ClN4O4S/c1-27-16-5-3-13(9-17(16)28-2)7-8-23-11-21-19(22-12-23)29-18-6-4-14(24(25)26)10-15(18)20/h3-6,9-10H,7-8,11-12H2,1-2H3,(H,21,22). The average Bonchev–Trinajstić information content (AvgIpc) is 2.74. The van der Waals surface area contributed by atoms with E-state index in [1.807, 2.05) is 18.2 Å². The molecule has 1 aliphatic rings. The molecule has 29 heavy (non-hydrogen) atoms. The molecule has 0 radical (unpaired) electrons. The minimum atomic E-state index is -0.465. The maximum absolute atomic E-state index is 10.8. The van der Waals surface area contributed by atoms with Gasteiger partial charge in [-0.2, -0.15) is 0 Å². The van der Waals surface area contributed by atoms with Crippen molar-refractivity contribution in [1.82, 2.24) is 10.2 Å². The summed E-state index contributed by atoms with van der Waals surface area (Å²) in [5, 5.41) is 15.1. The summed E-state index contributed by atoms with van der Waals surface area (Å²) in [6.45, 7) is 2.05. The molecule has 2 aromatic rings. The zero-order valence-electron chi connectivity index (χ0n) is 16.1. The second-order valence-electron chi connectivity index (χ2n) is 6.25. The van der Waals surface area contributed by atoms with Crippen LogP contribution in [0.2, 0.25) is 5.02 Å². The molecule has 1 N–H and O–H groups in total. The highest BCUT2D eigenvalue weighted by Crippen LogP contribution is 2.31. The van der Waals surface area contributed by atoms with Crippen molar-refractivity contribution in [2.24, 2.45) is 4.99 Å². The third-order valence-electron chi connectivity index (χ3n) is 4.37. The van der Waals surface area contributed by atoms with Crippen LogP contribution in [0, 0.1) is 10.1 Å². The van der Waals surface area contributed by atoms with Crippen LogP contribution < -0.4 is 14.8 Å². The predicted octanol–water partition coefficient (Wildman–Crippen LogP) is 3.78. The number of hydrogen-bond donors (Lipinski definition) is 1. The van der Waals surface area contributed by atoms with Crippen LogP contribution in [0.15, 0.2) is 46.3 Å². The zero-order chi connectivity index (χ0) is 20.8. The van der Waals surface area contributed by atoms with Crippen LogP contribution in [0.1, 0.15) is 5.56 Å². The van der Waals surface area contributed by atoms with Gasteiger partial charge in [-0.1, -0.05) is 29.4 Å². The fourth-order valence-electron chi connectivity index (χ4n) is 2.78. The Morgan fingerprint density at radius 2 is 2.03 bits per heavy atom. The molecule has 0 atom stereocenters. The van der Waals surface area contributed by atoms with Gasteiger partial charge in [-0.05, 0) is 30.2 Å². The molecule has 1 aliphatic heterocycles. The van der Waals surface area contributed by atoms with Crippen molar-refractivity contribution in [2.45, 2.75) is 11.3 Å². The van der Waals surface area contributed by atoms with Gasteiger partial charge in [-0.15, -0.1) is 0 Å². The summed E-state index contributed by atoms with van der Waals surface area (Å²) in [4.78, 5) is 17.8. The van der Waals surface area contributed by atoms with Gasteiger partial charge in [0.1, 0.15) is 0 Å². The quantitative estimate of drug-likeness (QED) is 0.521. The Labute approximate surface area is 178 Å². The van der Waals surface area contributed by atoms with Gasteiger partial charge in [0.2, 0.25) is 0 Å². The van der Waals surface area contributed by atoms with E-state index in [4.69, 9.17) is 21.1 Å². The van der Waals surface area contributed by atoms with Crippen LogP contribution in [-0.2, 0) is 6.42 Å². The van der Waals surface area contributed by atoms with Crippen LogP contribution in [0.5, 0.6) is 11.5 Å². The van der Waals surface area contributed by atoms with Gasteiger partial charge < -0.3 is 14.8 Å². The highest BCUT2D eigenvalue weighted by molar-refractivity contribution is 8.14. The van der Waals surface area contributed by atoms with E-state index < -0.39 is 4.92 Å². The average molecular weight is 437 g/mol. The number of non-ortho nitro benzene ring substituents is 1. The molecule has 3 rings (SSSR count). The molecular formula is C19H21ClN4O4S. The number of nitro benzene ring substituents is 1. The number of nitrogens with one attached hydrogen (secondary N) is 1. The highest BCUT2D eigenvalue weighted by atomic mass is 35.5. The van der Waals surface area contributed by atoms with E-state index in [1.54, 1.807) is 20.3 Å². The summed E-state index contributed by atoms with van der Waals surface area (Å²) in [6.07, 6.45) is 0.855. The van der Waals surface area contributed by atoms with Crippen molar-refractivity contribution in [1.29, 1.82) is 0 Å². The van der Waals surface area contributed by atoms with Crippen molar-refractivity contribution >= 4 is 34.2 Å². The summed E-state index contributed by atoms with van der Waals surface area (Å²) in [5.74, 6) is 1.44. The van der Waals surface area contributed by atoms with Gasteiger partial charge in [0.15, 0.2) is 16.7 Å². The summed E-state index contributed by atoms with van der Waals surface area (Å²) >= 11 is 7.51. The number of aliphatic imine (C=N–C) groups is 1. The van der Waals surface area contributed by atoms with Crippen LogP contribution in [0.25, 0.3) is 0 Å². The number of methoxy groups -OCH3 is 2. The lowest BCUT2D eigenvalue weighted by Gasteiger charge is -2.26. The van der Waals surface area contributed by atoms with Crippen molar-refractivity contribution in [3.63, 3.8) is 0 Å². The second-order valence-corrected chi connectivity index (χ2v) is 7.69. The van der Waals surface area contributed by atoms with Crippen molar-refractivity contribution in [3.05, 3.63) is 57.1 Å². The molecular weight excluding hydrogens is 416 g/mol. The molecule has 0 saturated heterocycles. The molecule has 0 saturated carbocycles. The van der Waals surface area contributed by atoms with Gasteiger partial charge >= 0.3 is 0 Å². The number of benzene rings is 2. The number of halogens is 1. The lowest BCUT2D eigenvalue weighted by atomic mass is 10.1. The molecule has 0 fully saturated rings. The fourth-order valence-corrected chi connectivity index (χ4v) is 3.83. The van der Waals surface area contributed by atoms with E-state index in [2.05, 4.69) is 15.2 Å². The summed E-state index contributed by atoms with van der Waals surface area (Å²) in [7, 11) is 3.25. The Hall–Kier alpha value is -2.49. The monoisotopic (exact) mass is 436 g/mol. The minimum Gasteiger partial charge on any atom is -0.493 e. The molecule has 2 aromatic carbocycles. The first-order valence-electron chi connectivity index (χ1n) is 8.83. The Kier molecular flexibility index (Phi) is 7.18. The third kappa shape index (κ3) is 5.53. The molecule has 10 heteroatoms. The van der Waals surface area contributed by atoms with Gasteiger partial charge in [-0.25, -0.2) is 4.99 Å². The van der Waals surface area contributed by atoms with Gasteiger partial charge in [0.05, 0.1) is 37.5 Å². The van der Waals surface area contributed by atoms with Crippen molar-refractivity contribution < 1.29 is 14.4 Å². The minimum absolute atomic E-state index is 0.0285. The van der Waals surface area contributed by atoms with Gasteiger partial charge in [0, 0.05) is 23.6 Å². The summed E-state index contributed by atoms with van der Waals surface area (Å²) in [5.41, 5.74) is 1.13. The maximum Gasteiger partial charge on any atom is 0.270 e. The van der Waals surface area contributed by atoms with Gasteiger partial charge in [-0.3, -0.25) is 15.0 Å². The van der Waals surface area contributed by atoms with Gasteiger partial charge in [0.25, 0.3) is 5.69 Å². The molecule has 0 aliphatic carbocycles. The number of rotatable bonds is 7.